The first-order valence-corrected chi connectivity index (χ1v) is 5.03. The molecule has 0 amide bonds. The van der Waals surface area contributed by atoms with Crippen LogP contribution in [0.4, 0.5) is 8.78 Å². The van der Waals surface area contributed by atoms with E-state index >= 15 is 0 Å². The fourth-order valence-electron chi connectivity index (χ4n) is 1.50. The van der Waals surface area contributed by atoms with Crippen molar-refractivity contribution in [3.63, 3.8) is 0 Å². The first kappa shape index (κ1) is 11.4. The predicted octanol–water partition coefficient (Wildman–Crippen LogP) is 2.69. The molecule has 1 aromatic carbocycles. The number of benzene rings is 1. The number of esters is 1. The number of pyridine rings is 1. The van der Waals surface area contributed by atoms with Crippen LogP contribution in [-0.4, -0.2) is 17.6 Å². The lowest BCUT2D eigenvalue weighted by Gasteiger charge is -2.03. The Balaban J connectivity index is 2.54. The average molecular weight is 237 g/mol. The Hall–Kier alpha value is -2.04. The smallest absolute Gasteiger partial charge is 0.339 e. The van der Waals surface area contributed by atoms with Crippen molar-refractivity contribution in [1.82, 2.24) is 4.98 Å². The van der Waals surface area contributed by atoms with Crippen LogP contribution in [0.15, 0.2) is 24.4 Å². The normalized spacial score (nSPS) is 10.5. The van der Waals surface area contributed by atoms with E-state index in [1.54, 1.807) is 6.92 Å². The van der Waals surface area contributed by atoms with Gasteiger partial charge in [-0.3, -0.25) is 4.98 Å². The van der Waals surface area contributed by atoms with Crippen molar-refractivity contribution in [1.29, 1.82) is 0 Å². The first-order valence-electron chi connectivity index (χ1n) is 5.03. The Bertz CT molecular complexity index is 584. The molecule has 2 rings (SSSR count). The Labute approximate surface area is 96.0 Å². The molecule has 0 radical (unpaired) electrons. The molecule has 0 spiro atoms. The van der Waals surface area contributed by atoms with Crippen molar-refractivity contribution < 1.29 is 18.3 Å². The molecule has 5 heteroatoms. The summed E-state index contributed by atoms with van der Waals surface area (Å²) in [5.74, 6) is -2.03. The molecule has 0 bridgehead atoms. The van der Waals surface area contributed by atoms with Crippen molar-refractivity contribution in [3.8, 4) is 0 Å². The summed E-state index contributed by atoms with van der Waals surface area (Å²) in [4.78, 5) is 15.2. The van der Waals surface area contributed by atoms with E-state index in [4.69, 9.17) is 4.74 Å². The second kappa shape index (κ2) is 4.45. The minimum absolute atomic E-state index is 0.0273. The second-order valence-corrected chi connectivity index (χ2v) is 3.40. The maximum atomic E-state index is 13.3. The van der Waals surface area contributed by atoms with Crippen LogP contribution in [-0.2, 0) is 4.74 Å². The summed E-state index contributed by atoms with van der Waals surface area (Å²) in [7, 11) is 0. The summed E-state index contributed by atoms with van der Waals surface area (Å²) in [6, 6.07) is 3.22. The van der Waals surface area contributed by atoms with Gasteiger partial charge >= 0.3 is 5.97 Å². The molecule has 0 atom stereocenters. The Kier molecular flexibility index (Phi) is 2.99. The van der Waals surface area contributed by atoms with Crippen LogP contribution in [0.2, 0.25) is 0 Å². The van der Waals surface area contributed by atoms with Gasteiger partial charge < -0.3 is 4.74 Å². The van der Waals surface area contributed by atoms with E-state index in [1.807, 2.05) is 0 Å². The van der Waals surface area contributed by atoms with Crippen LogP contribution < -0.4 is 0 Å². The number of carbonyl (C=O) groups is 1. The van der Waals surface area contributed by atoms with Crippen LogP contribution in [0, 0.1) is 11.6 Å². The quantitative estimate of drug-likeness (QED) is 0.754. The highest BCUT2D eigenvalue weighted by atomic mass is 19.1. The van der Waals surface area contributed by atoms with Gasteiger partial charge in [-0.25, -0.2) is 13.6 Å². The molecule has 0 saturated carbocycles. The zero-order chi connectivity index (χ0) is 12.4. The van der Waals surface area contributed by atoms with Gasteiger partial charge in [0, 0.05) is 17.6 Å². The molecule has 1 aromatic heterocycles. The summed E-state index contributed by atoms with van der Waals surface area (Å²) in [5, 5.41) is 0.230. The van der Waals surface area contributed by atoms with Crippen LogP contribution >= 0.6 is 0 Å². The van der Waals surface area contributed by atoms with E-state index in [2.05, 4.69) is 4.98 Å². The van der Waals surface area contributed by atoms with E-state index in [0.29, 0.717) is 0 Å². The second-order valence-electron chi connectivity index (χ2n) is 3.40. The summed E-state index contributed by atoms with van der Waals surface area (Å²) >= 11 is 0. The van der Waals surface area contributed by atoms with E-state index in [9.17, 15) is 13.6 Å². The van der Waals surface area contributed by atoms with Gasteiger partial charge in [0.1, 0.15) is 11.3 Å². The number of halogens is 2. The number of nitrogens with zero attached hydrogens (tertiary/aromatic N) is 1. The van der Waals surface area contributed by atoms with Crippen molar-refractivity contribution in [3.05, 3.63) is 41.6 Å². The Morgan fingerprint density at radius 3 is 2.82 bits per heavy atom. The predicted molar refractivity (Wildman–Crippen MR) is 57.6 cm³/mol. The van der Waals surface area contributed by atoms with Gasteiger partial charge in [-0.05, 0) is 19.1 Å². The minimum atomic E-state index is -0.754. The molecule has 88 valence electrons. The van der Waals surface area contributed by atoms with E-state index in [1.165, 1.54) is 12.3 Å². The molecule has 2 aromatic rings. The van der Waals surface area contributed by atoms with Gasteiger partial charge in [0.05, 0.1) is 12.2 Å². The molecule has 17 heavy (non-hydrogen) atoms. The number of aromatic nitrogens is 1. The average Bonchev–Trinajstić information content (AvgIpc) is 2.28. The fraction of sp³-hybridized carbons (Fsp3) is 0.167. The highest BCUT2D eigenvalue weighted by Gasteiger charge is 2.11. The number of ether oxygens (including phenoxy) is 1. The first-order chi connectivity index (χ1) is 8.11. The van der Waals surface area contributed by atoms with E-state index in [0.717, 1.165) is 12.1 Å². The molecule has 0 fully saturated rings. The standard InChI is InChI=1S/C12H9F2NO2/c1-2-17-12(16)8-3-7-4-9(13)5-10(14)11(7)15-6-8/h3-6H,2H2,1H3. The molecule has 3 nitrogen and oxygen atoms in total. The van der Waals surface area contributed by atoms with Crippen molar-refractivity contribution in [2.75, 3.05) is 6.61 Å². The molecule has 1 heterocycles. The van der Waals surface area contributed by atoms with Crippen LogP contribution in [0.25, 0.3) is 10.9 Å². The van der Waals surface area contributed by atoms with Crippen LogP contribution in [0.3, 0.4) is 0 Å². The van der Waals surface area contributed by atoms with E-state index < -0.39 is 17.6 Å². The molecule has 0 aliphatic heterocycles. The number of fused-ring (bicyclic) bond motifs is 1. The van der Waals surface area contributed by atoms with Crippen molar-refractivity contribution in [2.24, 2.45) is 0 Å². The van der Waals surface area contributed by atoms with Gasteiger partial charge in [0.25, 0.3) is 0 Å². The molecule has 0 aliphatic carbocycles. The largest absolute Gasteiger partial charge is 0.462 e. The lowest BCUT2D eigenvalue weighted by molar-refractivity contribution is 0.0526. The summed E-state index contributed by atoms with van der Waals surface area (Å²) < 4.78 is 31.1. The number of carbonyl (C=O) groups excluding carboxylic acids is 1. The molecular weight excluding hydrogens is 228 g/mol. The molecule has 0 saturated heterocycles. The Morgan fingerprint density at radius 2 is 2.12 bits per heavy atom. The highest BCUT2D eigenvalue weighted by Crippen LogP contribution is 2.18. The maximum absolute atomic E-state index is 13.3. The van der Waals surface area contributed by atoms with E-state index in [-0.39, 0.29) is 23.1 Å². The van der Waals surface area contributed by atoms with Gasteiger partial charge in [-0.15, -0.1) is 0 Å². The van der Waals surface area contributed by atoms with Crippen LogP contribution in [0.5, 0.6) is 0 Å². The third kappa shape index (κ3) is 2.22. The zero-order valence-electron chi connectivity index (χ0n) is 9.04. The topological polar surface area (TPSA) is 39.2 Å². The lowest BCUT2D eigenvalue weighted by Crippen LogP contribution is -2.05. The van der Waals surface area contributed by atoms with Gasteiger partial charge in [-0.1, -0.05) is 0 Å². The van der Waals surface area contributed by atoms with Gasteiger partial charge in [0.2, 0.25) is 0 Å². The number of rotatable bonds is 2. The Morgan fingerprint density at radius 1 is 1.35 bits per heavy atom. The van der Waals surface area contributed by atoms with Gasteiger partial charge in [-0.2, -0.15) is 0 Å². The lowest BCUT2D eigenvalue weighted by atomic mass is 10.1. The molecule has 0 aliphatic rings. The molecular formula is C12H9F2NO2. The van der Waals surface area contributed by atoms with Crippen molar-refractivity contribution in [2.45, 2.75) is 6.92 Å². The number of hydrogen-bond donors (Lipinski definition) is 0. The monoisotopic (exact) mass is 237 g/mol. The SMILES string of the molecule is CCOC(=O)c1cnc2c(F)cc(F)cc2c1. The fourth-order valence-corrected chi connectivity index (χ4v) is 1.50. The minimum Gasteiger partial charge on any atom is -0.462 e. The van der Waals surface area contributed by atoms with Crippen LogP contribution in [0.1, 0.15) is 17.3 Å². The third-order valence-corrected chi connectivity index (χ3v) is 2.21. The molecule has 0 unspecified atom stereocenters. The van der Waals surface area contributed by atoms with Gasteiger partial charge in [0.15, 0.2) is 5.82 Å². The summed E-state index contributed by atoms with van der Waals surface area (Å²) in [5.41, 5.74) is 0.198. The number of hydrogen-bond acceptors (Lipinski definition) is 3. The zero-order valence-corrected chi connectivity index (χ0v) is 9.04. The maximum Gasteiger partial charge on any atom is 0.339 e. The summed E-state index contributed by atoms with van der Waals surface area (Å²) in [6.07, 6.45) is 1.21. The van der Waals surface area contributed by atoms with Crippen molar-refractivity contribution >= 4 is 16.9 Å². The summed E-state index contributed by atoms with van der Waals surface area (Å²) in [6.45, 7) is 1.90. The molecule has 0 N–H and O–H groups in total. The highest BCUT2D eigenvalue weighted by molar-refractivity contribution is 5.93. The third-order valence-electron chi connectivity index (χ3n) is 2.21.